The molecule has 1 heterocycles. The highest BCUT2D eigenvalue weighted by Crippen LogP contribution is 2.29. The van der Waals surface area contributed by atoms with Crippen LogP contribution in [0.4, 0.5) is 0 Å². The smallest absolute Gasteiger partial charge is 0.228 e. The second kappa shape index (κ2) is 5.26. The van der Waals surface area contributed by atoms with Crippen molar-refractivity contribution in [3.63, 3.8) is 0 Å². The first kappa shape index (κ1) is 13.7. The topological polar surface area (TPSA) is 39.4 Å². The lowest BCUT2D eigenvalue weighted by Gasteiger charge is -2.01. The van der Waals surface area contributed by atoms with Crippen molar-refractivity contribution in [3.05, 3.63) is 64.4 Å². The lowest BCUT2D eigenvalue weighted by molar-refractivity contribution is 0.101. The van der Waals surface area contributed by atoms with Crippen LogP contribution in [-0.4, -0.2) is 12.9 Å². The van der Waals surface area contributed by atoms with E-state index >= 15 is 0 Å². The van der Waals surface area contributed by atoms with Gasteiger partial charge in [0.25, 0.3) is 0 Å². The van der Waals surface area contributed by atoms with Gasteiger partial charge in [-0.15, -0.1) is 0 Å². The summed E-state index contributed by atoms with van der Waals surface area (Å²) in [4.78, 5) is 12.6. The van der Waals surface area contributed by atoms with Crippen molar-refractivity contribution in [3.8, 4) is 5.75 Å². The molecule has 0 aliphatic carbocycles. The van der Waals surface area contributed by atoms with E-state index in [0.29, 0.717) is 27.7 Å². The van der Waals surface area contributed by atoms with Gasteiger partial charge in [0.15, 0.2) is 5.76 Å². The summed E-state index contributed by atoms with van der Waals surface area (Å²) in [7, 11) is 1.59. The molecule has 0 atom stereocenters. The molecule has 0 fully saturated rings. The van der Waals surface area contributed by atoms with Crippen LogP contribution >= 0.6 is 11.6 Å². The van der Waals surface area contributed by atoms with E-state index in [1.807, 2.05) is 6.92 Å². The molecule has 4 heteroatoms. The third-order valence-electron chi connectivity index (χ3n) is 3.46. The van der Waals surface area contributed by atoms with Gasteiger partial charge in [-0.3, -0.25) is 4.79 Å². The van der Waals surface area contributed by atoms with E-state index in [-0.39, 0.29) is 5.78 Å². The minimum Gasteiger partial charge on any atom is -0.497 e. The fourth-order valence-corrected chi connectivity index (χ4v) is 2.46. The number of carbonyl (C=O) groups excluding carboxylic acids is 1. The number of carbonyl (C=O) groups is 1. The Hall–Kier alpha value is -2.26. The first-order valence-corrected chi connectivity index (χ1v) is 6.85. The number of fused-ring (bicyclic) bond motifs is 1. The fraction of sp³-hybridized carbons (Fsp3) is 0.118. The van der Waals surface area contributed by atoms with Gasteiger partial charge in [-0.2, -0.15) is 0 Å². The summed E-state index contributed by atoms with van der Waals surface area (Å²) >= 11 is 5.99. The monoisotopic (exact) mass is 300 g/mol. The number of hydrogen-bond donors (Lipinski definition) is 0. The molecule has 1 aromatic heterocycles. The van der Waals surface area contributed by atoms with Gasteiger partial charge in [-0.05, 0) is 49.4 Å². The van der Waals surface area contributed by atoms with Gasteiger partial charge in [-0.25, -0.2) is 0 Å². The van der Waals surface area contributed by atoms with E-state index in [2.05, 4.69) is 0 Å². The largest absolute Gasteiger partial charge is 0.497 e. The lowest BCUT2D eigenvalue weighted by atomic mass is 10.0. The molecule has 0 bridgehead atoms. The van der Waals surface area contributed by atoms with Crippen molar-refractivity contribution in [1.29, 1.82) is 0 Å². The van der Waals surface area contributed by atoms with Gasteiger partial charge in [-0.1, -0.05) is 11.6 Å². The Bertz CT molecular complexity index is 816. The Balaban J connectivity index is 2.06. The van der Waals surface area contributed by atoms with Crippen LogP contribution in [0.3, 0.4) is 0 Å². The second-order valence-corrected chi connectivity index (χ2v) is 5.19. The number of hydrogen-bond acceptors (Lipinski definition) is 3. The average molecular weight is 301 g/mol. The average Bonchev–Trinajstić information content (AvgIpc) is 2.83. The van der Waals surface area contributed by atoms with Gasteiger partial charge >= 0.3 is 0 Å². The SMILES string of the molecule is COc1ccc(C(=O)c2oc3ccc(Cl)cc3c2C)cc1. The van der Waals surface area contributed by atoms with Crippen LogP contribution in [-0.2, 0) is 0 Å². The molecule has 0 saturated heterocycles. The molecular formula is C17H13ClO3. The number of benzene rings is 2. The summed E-state index contributed by atoms with van der Waals surface area (Å²) in [6.07, 6.45) is 0. The van der Waals surface area contributed by atoms with E-state index in [0.717, 1.165) is 10.9 Å². The highest BCUT2D eigenvalue weighted by Gasteiger charge is 2.19. The van der Waals surface area contributed by atoms with E-state index in [1.54, 1.807) is 49.6 Å². The number of aryl methyl sites for hydroxylation is 1. The normalized spacial score (nSPS) is 10.8. The molecule has 0 saturated carbocycles. The highest BCUT2D eigenvalue weighted by atomic mass is 35.5. The molecule has 0 unspecified atom stereocenters. The van der Waals surface area contributed by atoms with Crippen LogP contribution in [0.1, 0.15) is 21.7 Å². The molecule has 3 nitrogen and oxygen atoms in total. The quantitative estimate of drug-likeness (QED) is 0.662. The Morgan fingerprint density at radius 1 is 1.14 bits per heavy atom. The third kappa shape index (κ3) is 2.41. The maximum atomic E-state index is 12.6. The predicted molar refractivity (Wildman–Crippen MR) is 82.4 cm³/mol. The lowest BCUT2D eigenvalue weighted by Crippen LogP contribution is -2.01. The Morgan fingerprint density at radius 3 is 2.52 bits per heavy atom. The van der Waals surface area contributed by atoms with Crippen molar-refractivity contribution in [2.75, 3.05) is 7.11 Å². The molecule has 0 N–H and O–H groups in total. The second-order valence-electron chi connectivity index (χ2n) is 4.75. The molecule has 0 aliphatic heterocycles. The molecular weight excluding hydrogens is 288 g/mol. The number of methoxy groups -OCH3 is 1. The van der Waals surface area contributed by atoms with Gasteiger partial charge < -0.3 is 9.15 Å². The minimum absolute atomic E-state index is 0.150. The number of ketones is 1. The minimum atomic E-state index is -0.150. The zero-order chi connectivity index (χ0) is 15.0. The van der Waals surface area contributed by atoms with E-state index in [4.69, 9.17) is 20.8 Å². The number of ether oxygens (including phenoxy) is 1. The fourth-order valence-electron chi connectivity index (χ4n) is 2.28. The van der Waals surface area contributed by atoms with Gasteiger partial charge in [0, 0.05) is 21.5 Å². The number of rotatable bonds is 3. The van der Waals surface area contributed by atoms with Crippen LogP contribution < -0.4 is 4.74 Å². The third-order valence-corrected chi connectivity index (χ3v) is 3.69. The summed E-state index contributed by atoms with van der Waals surface area (Å²) in [5.41, 5.74) is 2.02. The van der Waals surface area contributed by atoms with Crippen molar-refractivity contribution in [2.24, 2.45) is 0 Å². The Kier molecular flexibility index (Phi) is 3.43. The molecule has 0 radical (unpaired) electrons. The zero-order valence-electron chi connectivity index (χ0n) is 11.6. The zero-order valence-corrected chi connectivity index (χ0v) is 12.4. The van der Waals surface area contributed by atoms with Crippen molar-refractivity contribution in [1.82, 2.24) is 0 Å². The molecule has 0 spiro atoms. The molecule has 0 aliphatic rings. The van der Waals surface area contributed by atoms with Crippen LogP contribution in [0.5, 0.6) is 5.75 Å². The van der Waals surface area contributed by atoms with Crippen LogP contribution in [0.2, 0.25) is 5.02 Å². The van der Waals surface area contributed by atoms with Crippen LogP contribution in [0.25, 0.3) is 11.0 Å². The van der Waals surface area contributed by atoms with Crippen LogP contribution in [0, 0.1) is 6.92 Å². The predicted octanol–water partition coefficient (Wildman–Crippen LogP) is 4.63. The standard InChI is InChI=1S/C17H13ClO3/c1-10-14-9-12(18)5-8-15(14)21-17(10)16(19)11-3-6-13(20-2)7-4-11/h3-9H,1-2H3. The van der Waals surface area contributed by atoms with E-state index in [1.165, 1.54) is 0 Å². The summed E-state index contributed by atoms with van der Waals surface area (Å²) in [5.74, 6) is 0.902. The summed E-state index contributed by atoms with van der Waals surface area (Å²) in [6, 6.07) is 12.3. The highest BCUT2D eigenvalue weighted by molar-refractivity contribution is 6.31. The molecule has 0 amide bonds. The van der Waals surface area contributed by atoms with Gasteiger partial charge in [0.05, 0.1) is 7.11 Å². The van der Waals surface area contributed by atoms with Gasteiger partial charge in [0.2, 0.25) is 5.78 Å². The van der Waals surface area contributed by atoms with Crippen molar-refractivity contribution in [2.45, 2.75) is 6.92 Å². The molecule has 21 heavy (non-hydrogen) atoms. The Labute approximate surface area is 127 Å². The van der Waals surface area contributed by atoms with Gasteiger partial charge in [0.1, 0.15) is 11.3 Å². The summed E-state index contributed by atoms with van der Waals surface area (Å²) in [6.45, 7) is 1.86. The summed E-state index contributed by atoms with van der Waals surface area (Å²) < 4.78 is 10.8. The maximum absolute atomic E-state index is 12.6. The van der Waals surface area contributed by atoms with Crippen LogP contribution in [0.15, 0.2) is 46.9 Å². The van der Waals surface area contributed by atoms with Crippen molar-refractivity contribution < 1.29 is 13.9 Å². The molecule has 2 aromatic carbocycles. The molecule has 3 rings (SSSR count). The Morgan fingerprint density at radius 2 is 1.86 bits per heavy atom. The number of furan rings is 1. The van der Waals surface area contributed by atoms with Crippen molar-refractivity contribution >= 4 is 28.4 Å². The maximum Gasteiger partial charge on any atom is 0.228 e. The molecule has 106 valence electrons. The number of halogens is 1. The first-order valence-electron chi connectivity index (χ1n) is 6.47. The summed E-state index contributed by atoms with van der Waals surface area (Å²) in [5, 5.41) is 1.48. The molecule has 3 aromatic rings. The van der Waals surface area contributed by atoms with E-state index < -0.39 is 0 Å². The first-order chi connectivity index (χ1) is 10.1. The van der Waals surface area contributed by atoms with E-state index in [9.17, 15) is 4.79 Å².